The largest absolute Gasteiger partial charge is 0.452 e. The predicted molar refractivity (Wildman–Crippen MR) is 109 cm³/mol. The van der Waals surface area contributed by atoms with Crippen LogP contribution in [-0.4, -0.2) is 34.5 Å². The molecule has 30 heavy (non-hydrogen) atoms. The van der Waals surface area contributed by atoms with Gasteiger partial charge in [-0.2, -0.15) is 0 Å². The molecule has 3 aromatic rings. The summed E-state index contributed by atoms with van der Waals surface area (Å²) in [7, 11) is 0. The summed E-state index contributed by atoms with van der Waals surface area (Å²) in [5, 5.41) is 6.34. The second-order valence-electron chi connectivity index (χ2n) is 5.64. The molecular weight excluding hydrogens is 459 g/mol. The zero-order valence-electron chi connectivity index (χ0n) is 15.1. The Morgan fingerprint density at radius 3 is 2.50 bits per heavy atom. The van der Waals surface area contributed by atoms with Crippen LogP contribution in [-0.2, 0) is 9.53 Å². The van der Waals surface area contributed by atoms with Crippen LogP contribution in [0, 0.1) is 21.4 Å². The summed E-state index contributed by atoms with van der Waals surface area (Å²) in [4.78, 5) is 23.9. The first-order valence-electron chi connectivity index (χ1n) is 8.15. The van der Waals surface area contributed by atoms with Gasteiger partial charge in [0, 0.05) is 0 Å². The minimum Gasteiger partial charge on any atom is -0.452 e. The van der Waals surface area contributed by atoms with Gasteiger partial charge in [0.2, 0.25) is 0 Å². The van der Waals surface area contributed by atoms with Gasteiger partial charge in [0.25, 0.3) is 5.91 Å². The topological polar surface area (TPSA) is 73.2 Å². The molecule has 1 heterocycles. The van der Waals surface area contributed by atoms with Gasteiger partial charge < -0.3 is 10.1 Å². The molecule has 2 aromatic carbocycles. The molecule has 0 fully saturated rings. The fourth-order valence-corrected chi connectivity index (χ4v) is 4.05. The highest BCUT2D eigenvalue weighted by molar-refractivity contribution is 8.00. The predicted octanol–water partition coefficient (Wildman–Crippen LogP) is 4.60. The van der Waals surface area contributed by atoms with Crippen molar-refractivity contribution in [1.82, 2.24) is 9.78 Å². The maximum atomic E-state index is 13.6. The molecule has 3 rings (SSSR count). The van der Waals surface area contributed by atoms with Gasteiger partial charge in [-0.25, -0.2) is 22.6 Å². The number of ether oxygens (including phenoxy) is 1. The van der Waals surface area contributed by atoms with Crippen molar-refractivity contribution in [2.45, 2.75) is 4.34 Å². The third-order valence-corrected chi connectivity index (χ3v) is 5.90. The van der Waals surface area contributed by atoms with Gasteiger partial charge in [0.15, 0.2) is 32.4 Å². The van der Waals surface area contributed by atoms with Crippen molar-refractivity contribution in [2.24, 2.45) is 0 Å². The van der Waals surface area contributed by atoms with Crippen LogP contribution >= 0.6 is 35.3 Å². The summed E-state index contributed by atoms with van der Waals surface area (Å²) in [5.41, 5.74) is 0.251. The summed E-state index contributed by atoms with van der Waals surface area (Å²) in [6.07, 6.45) is 1.88. The average Bonchev–Trinajstić information content (AvgIpc) is 3.13. The van der Waals surface area contributed by atoms with E-state index in [4.69, 9.17) is 17.0 Å². The highest BCUT2D eigenvalue weighted by Crippen LogP contribution is 2.22. The van der Waals surface area contributed by atoms with Crippen molar-refractivity contribution in [1.29, 1.82) is 0 Å². The molecule has 0 radical (unpaired) electrons. The molecule has 0 unspecified atom stereocenters. The van der Waals surface area contributed by atoms with E-state index in [1.807, 2.05) is 11.6 Å². The average molecular weight is 472 g/mol. The lowest BCUT2D eigenvalue weighted by Crippen LogP contribution is -2.21. The molecular formula is C18H12F3N3O3S3. The van der Waals surface area contributed by atoms with Crippen molar-refractivity contribution in [2.75, 3.05) is 18.2 Å². The van der Waals surface area contributed by atoms with Crippen LogP contribution in [0.15, 0.2) is 40.7 Å². The summed E-state index contributed by atoms with van der Waals surface area (Å²) in [5.74, 6) is -6.35. The van der Waals surface area contributed by atoms with E-state index in [1.165, 1.54) is 35.2 Å². The van der Waals surface area contributed by atoms with Crippen molar-refractivity contribution in [3.8, 4) is 5.69 Å². The maximum absolute atomic E-state index is 13.6. The number of carbonyl (C=O) groups is 2. The quantitative estimate of drug-likeness (QED) is 0.245. The van der Waals surface area contributed by atoms with Crippen LogP contribution < -0.4 is 5.32 Å². The second-order valence-corrected chi connectivity index (χ2v) is 8.32. The summed E-state index contributed by atoms with van der Waals surface area (Å²) in [6, 6.07) is 7.71. The number of carbonyl (C=O) groups excluding carboxylic acids is 2. The molecule has 0 aliphatic rings. The lowest BCUT2D eigenvalue weighted by atomic mass is 10.2. The molecule has 0 aliphatic carbocycles. The minimum atomic E-state index is -1.71. The number of hydrogen-bond acceptors (Lipinski definition) is 7. The van der Waals surface area contributed by atoms with Gasteiger partial charge in [-0.05, 0) is 54.9 Å². The highest BCUT2D eigenvalue weighted by Gasteiger charge is 2.16. The Morgan fingerprint density at radius 1 is 1.17 bits per heavy atom. The van der Waals surface area contributed by atoms with E-state index < -0.39 is 41.6 Å². The fraction of sp³-hybridized carbons (Fsp3) is 0.111. The number of anilines is 1. The first-order valence-corrected chi connectivity index (χ1v) is 10.6. The van der Waals surface area contributed by atoms with E-state index in [0.717, 1.165) is 10.4 Å². The number of thioether (sulfide) groups is 1. The van der Waals surface area contributed by atoms with Gasteiger partial charge >= 0.3 is 5.97 Å². The lowest BCUT2D eigenvalue weighted by molar-refractivity contribution is -0.119. The van der Waals surface area contributed by atoms with Crippen LogP contribution in [0.4, 0.5) is 18.9 Å². The lowest BCUT2D eigenvalue weighted by Gasteiger charge is -2.08. The Balaban J connectivity index is 1.61. The summed E-state index contributed by atoms with van der Waals surface area (Å²) in [6.45, 7) is -0.743. The van der Waals surface area contributed by atoms with Gasteiger partial charge in [0.05, 0.1) is 16.9 Å². The zero-order valence-corrected chi connectivity index (χ0v) is 17.6. The Morgan fingerprint density at radius 2 is 1.87 bits per heavy atom. The highest BCUT2D eigenvalue weighted by atomic mass is 32.2. The number of esters is 1. The SMILES string of the molecule is CSc1nn(-c2ccc(C(=O)OCC(=O)Nc3ccc(F)c(F)c3F)cc2)c(=S)s1. The number of nitrogens with one attached hydrogen (secondary N) is 1. The standard InChI is InChI=1S/C18H12F3N3O3S3/c1-29-17-23-24(18(28)30-17)10-4-2-9(3-5-10)16(26)27-8-13(25)22-12-7-6-11(19)14(20)15(12)21/h2-7H,8H2,1H3,(H,22,25). The molecule has 1 aromatic heterocycles. The molecule has 0 spiro atoms. The van der Waals surface area contributed by atoms with Crippen LogP contribution in [0.1, 0.15) is 10.4 Å². The number of nitrogens with zero attached hydrogens (tertiary/aromatic N) is 2. The van der Waals surface area contributed by atoms with Gasteiger partial charge in [0.1, 0.15) is 0 Å². The van der Waals surface area contributed by atoms with Gasteiger partial charge in [-0.1, -0.05) is 23.1 Å². The van der Waals surface area contributed by atoms with Crippen LogP contribution in [0.25, 0.3) is 5.69 Å². The van der Waals surface area contributed by atoms with Crippen molar-refractivity contribution in [3.05, 3.63) is 63.4 Å². The number of halogens is 3. The number of amides is 1. The number of benzene rings is 2. The van der Waals surface area contributed by atoms with E-state index in [2.05, 4.69) is 5.10 Å². The first-order chi connectivity index (χ1) is 14.3. The number of hydrogen-bond donors (Lipinski definition) is 1. The molecule has 6 nitrogen and oxygen atoms in total. The van der Waals surface area contributed by atoms with Crippen LogP contribution in [0.3, 0.4) is 0 Å². The molecule has 0 atom stereocenters. The smallest absolute Gasteiger partial charge is 0.338 e. The second kappa shape index (κ2) is 9.41. The first kappa shape index (κ1) is 22.0. The van der Waals surface area contributed by atoms with E-state index in [0.29, 0.717) is 15.7 Å². The van der Waals surface area contributed by atoms with Crippen LogP contribution in [0.2, 0.25) is 0 Å². The van der Waals surface area contributed by atoms with Gasteiger partial charge in [-0.15, -0.1) is 5.10 Å². The molecule has 12 heteroatoms. The molecule has 1 amide bonds. The Hall–Kier alpha value is -2.70. The van der Waals surface area contributed by atoms with E-state index in [9.17, 15) is 22.8 Å². The summed E-state index contributed by atoms with van der Waals surface area (Å²) >= 11 is 8.07. The fourth-order valence-electron chi connectivity index (χ4n) is 2.27. The third kappa shape index (κ3) is 4.89. The van der Waals surface area contributed by atoms with E-state index in [-0.39, 0.29) is 5.56 Å². The minimum absolute atomic E-state index is 0.164. The Kier molecular flexibility index (Phi) is 6.90. The van der Waals surface area contributed by atoms with Crippen molar-refractivity contribution < 1.29 is 27.5 Å². The Labute approximate surface area is 181 Å². The number of rotatable bonds is 6. The molecule has 156 valence electrons. The third-order valence-electron chi connectivity index (χ3n) is 3.70. The zero-order chi connectivity index (χ0) is 21.8. The number of aromatic nitrogens is 2. The Bertz CT molecular complexity index is 1160. The maximum Gasteiger partial charge on any atom is 0.338 e. The molecule has 0 aliphatic heterocycles. The normalized spacial score (nSPS) is 10.7. The van der Waals surface area contributed by atoms with E-state index >= 15 is 0 Å². The van der Waals surface area contributed by atoms with Crippen LogP contribution in [0.5, 0.6) is 0 Å². The van der Waals surface area contributed by atoms with Crippen molar-refractivity contribution >= 4 is 52.9 Å². The van der Waals surface area contributed by atoms with Gasteiger partial charge in [-0.3, -0.25) is 4.79 Å². The summed E-state index contributed by atoms with van der Waals surface area (Å²) < 4.78 is 47.4. The molecule has 0 saturated heterocycles. The van der Waals surface area contributed by atoms with Crippen molar-refractivity contribution in [3.63, 3.8) is 0 Å². The molecule has 1 N–H and O–H groups in total. The van der Waals surface area contributed by atoms with E-state index in [1.54, 1.807) is 16.8 Å². The monoisotopic (exact) mass is 471 g/mol. The molecule has 0 saturated carbocycles. The molecule has 0 bridgehead atoms.